The number of nitrogens with one attached hydrogen (secondary N) is 2. The first-order valence-corrected chi connectivity index (χ1v) is 9.22. The van der Waals surface area contributed by atoms with E-state index >= 15 is 0 Å². The van der Waals surface area contributed by atoms with Crippen molar-refractivity contribution in [2.75, 3.05) is 25.1 Å². The minimum atomic E-state index is -0.384. The van der Waals surface area contributed by atoms with Gasteiger partial charge in [0.05, 0.1) is 23.2 Å². The Morgan fingerprint density at radius 1 is 1.33 bits per heavy atom. The second-order valence-electron chi connectivity index (χ2n) is 6.52. The number of aromatic nitrogens is 3. The molecule has 8 heteroatoms. The van der Waals surface area contributed by atoms with Gasteiger partial charge in [0.25, 0.3) is 0 Å². The van der Waals surface area contributed by atoms with E-state index in [1.807, 2.05) is 30.3 Å². The van der Waals surface area contributed by atoms with E-state index in [4.69, 9.17) is 11.6 Å². The summed E-state index contributed by atoms with van der Waals surface area (Å²) in [5.74, 6) is 1.58. The number of alkyl carbamates (subject to hydrolysis) is 1. The second-order valence-corrected chi connectivity index (χ2v) is 6.93. The third kappa shape index (κ3) is 3.68. The van der Waals surface area contributed by atoms with Crippen molar-refractivity contribution in [1.82, 2.24) is 20.3 Å². The van der Waals surface area contributed by atoms with Crippen molar-refractivity contribution in [3.05, 3.63) is 41.6 Å². The molecule has 2 N–H and O–H groups in total. The average Bonchev–Trinajstić information content (AvgIpc) is 3.13. The highest BCUT2D eigenvalue weighted by atomic mass is 35.5. The quantitative estimate of drug-likeness (QED) is 0.719. The predicted molar refractivity (Wildman–Crippen MR) is 105 cm³/mol. The lowest BCUT2D eigenvalue weighted by atomic mass is 10.1. The highest BCUT2D eigenvalue weighted by Gasteiger charge is 2.22. The molecule has 0 bridgehead atoms. The van der Waals surface area contributed by atoms with Crippen molar-refractivity contribution in [2.45, 2.75) is 18.9 Å². The molecule has 0 spiro atoms. The number of carbonyl (C=O) groups is 1. The molecular formula is C19H20ClN5O2. The number of halogens is 1. The van der Waals surface area contributed by atoms with Gasteiger partial charge in [-0.05, 0) is 31.0 Å². The fraction of sp³-hybridized carbons (Fsp3) is 0.316. The van der Waals surface area contributed by atoms with Crippen molar-refractivity contribution in [3.63, 3.8) is 0 Å². The minimum Gasteiger partial charge on any atom is -0.453 e. The summed E-state index contributed by atoms with van der Waals surface area (Å²) in [7, 11) is 1.38. The summed E-state index contributed by atoms with van der Waals surface area (Å²) in [6, 6.07) is 9.96. The number of amides is 1. The van der Waals surface area contributed by atoms with Crippen LogP contribution in [0.25, 0.3) is 22.4 Å². The number of benzene rings is 1. The van der Waals surface area contributed by atoms with Crippen LogP contribution in [0.2, 0.25) is 5.02 Å². The van der Waals surface area contributed by atoms with Gasteiger partial charge in [0.15, 0.2) is 0 Å². The number of ether oxygens (including phenoxy) is 1. The van der Waals surface area contributed by atoms with Crippen LogP contribution in [-0.2, 0) is 4.74 Å². The zero-order chi connectivity index (χ0) is 18.8. The molecule has 3 heterocycles. The number of piperidine rings is 1. The molecule has 0 radical (unpaired) electrons. The van der Waals surface area contributed by atoms with Crippen LogP contribution in [0.5, 0.6) is 0 Å². The normalized spacial score (nSPS) is 15.1. The van der Waals surface area contributed by atoms with E-state index in [-0.39, 0.29) is 12.1 Å². The molecule has 1 aliphatic heterocycles. The number of imidazole rings is 1. The predicted octanol–water partition coefficient (Wildman–Crippen LogP) is 3.60. The first kappa shape index (κ1) is 17.6. The number of rotatable bonds is 3. The Bertz CT molecular complexity index is 933. The van der Waals surface area contributed by atoms with Crippen LogP contribution in [0.4, 0.5) is 10.6 Å². The van der Waals surface area contributed by atoms with Gasteiger partial charge in [-0.15, -0.1) is 0 Å². The van der Waals surface area contributed by atoms with E-state index in [2.05, 4.69) is 29.9 Å². The number of methoxy groups -OCH3 is 1. The van der Waals surface area contributed by atoms with Crippen molar-refractivity contribution in [2.24, 2.45) is 0 Å². The third-order valence-corrected chi connectivity index (χ3v) is 5.11. The molecule has 140 valence electrons. The molecule has 27 heavy (non-hydrogen) atoms. The summed E-state index contributed by atoms with van der Waals surface area (Å²) in [6.07, 6.45) is 2.95. The fourth-order valence-electron chi connectivity index (χ4n) is 3.34. The summed E-state index contributed by atoms with van der Waals surface area (Å²) in [6.45, 7) is 1.59. The minimum absolute atomic E-state index is 0.121. The number of H-pyrrole nitrogens is 1. The number of pyridine rings is 1. The molecule has 1 fully saturated rings. The lowest BCUT2D eigenvalue weighted by molar-refractivity contribution is 0.164. The number of hydrogen-bond donors (Lipinski definition) is 2. The second kappa shape index (κ2) is 7.44. The van der Waals surface area contributed by atoms with Gasteiger partial charge in [-0.25, -0.2) is 14.8 Å². The zero-order valence-electron chi connectivity index (χ0n) is 14.9. The summed E-state index contributed by atoms with van der Waals surface area (Å²) in [5, 5.41) is 3.41. The summed E-state index contributed by atoms with van der Waals surface area (Å²) in [4.78, 5) is 26.0. The molecule has 4 rings (SSSR count). The number of hydrogen-bond acceptors (Lipinski definition) is 5. The van der Waals surface area contributed by atoms with Crippen LogP contribution in [0, 0.1) is 0 Å². The molecule has 1 aromatic carbocycles. The molecule has 0 aliphatic carbocycles. The average molecular weight is 386 g/mol. The number of para-hydroxylation sites is 2. The molecule has 0 atom stereocenters. The smallest absolute Gasteiger partial charge is 0.407 e. The van der Waals surface area contributed by atoms with Crippen LogP contribution < -0.4 is 10.2 Å². The van der Waals surface area contributed by atoms with Gasteiger partial charge in [0.2, 0.25) is 0 Å². The Morgan fingerprint density at radius 2 is 2.11 bits per heavy atom. The van der Waals surface area contributed by atoms with E-state index in [1.54, 1.807) is 6.20 Å². The molecule has 3 aromatic rings. The fourth-order valence-corrected chi connectivity index (χ4v) is 3.53. The molecule has 1 aliphatic rings. The van der Waals surface area contributed by atoms with Crippen LogP contribution in [0.3, 0.4) is 0 Å². The van der Waals surface area contributed by atoms with Gasteiger partial charge >= 0.3 is 6.09 Å². The van der Waals surface area contributed by atoms with E-state index in [0.29, 0.717) is 5.02 Å². The largest absolute Gasteiger partial charge is 0.453 e. The first-order chi connectivity index (χ1) is 13.1. The molecule has 7 nitrogen and oxygen atoms in total. The van der Waals surface area contributed by atoms with Gasteiger partial charge in [-0.3, -0.25) is 0 Å². The highest BCUT2D eigenvalue weighted by molar-refractivity contribution is 6.33. The lowest BCUT2D eigenvalue weighted by Gasteiger charge is -2.33. The lowest BCUT2D eigenvalue weighted by Crippen LogP contribution is -2.44. The zero-order valence-corrected chi connectivity index (χ0v) is 15.7. The van der Waals surface area contributed by atoms with Gasteiger partial charge in [0.1, 0.15) is 11.6 Å². The Labute approximate surface area is 161 Å². The van der Waals surface area contributed by atoms with E-state index < -0.39 is 0 Å². The van der Waals surface area contributed by atoms with E-state index in [1.165, 1.54) is 7.11 Å². The van der Waals surface area contributed by atoms with Crippen LogP contribution in [0.1, 0.15) is 12.8 Å². The highest BCUT2D eigenvalue weighted by Crippen LogP contribution is 2.30. The molecule has 0 unspecified atom stereocenters. The number of carbonyl (C=O) groups excluding carboxylic acids is 1. The topological polar surface area (TPSA) is 83.1 Å². The van der Waals surface area contributed by atoms with Gasteiger partial charge < -0.3 is 19.9 Å². The Kier molecular flexibility index (Phi) is 4.85. The third-order valence-electron chi connectivity index (χ3n) is 4.81. The molecular weight excluding hydrogens is 366 g/mol. The van der Waals surface area contributed by atoms with Crippen LogP contribution in [-0.4, -0.2) is 47.3 Å². The maximum absolute atomic E-state index is 11.4. The van der Waals surface area contributed by atoms with Crippen molar-refractivity contribution in [3.8, 4) is 11.4 Å². The first-order valence-electron chi connectivity index (χ1n) is 8.84. The molecule has 2 aromatic heterocycles. The van der Waals surface area contributed by atoms with E-state index in [0.717, 1.165) is 54.2 Å². The van der Waals surface area contributed by atoms with Crippen molar-refractivity contribution in [1.29, 1.82) is 0 Å². The van der Waals surface area contributed by atoms with Crippen LogP contribution >= 0.6 is 11.6 Å². The molecule has 0 saturated carbocycles. The summed E-state index contributed by atoms with van der Waals surface area (Å²) < 4.78 is 4.67. The maximum atomic E-state index is 11.4. The Hall–Kier alpha value is -2.80. The SMILES string of the molecule is COC(=O)NC1CCN(c2cc(-c3nc4ccccc4[nH]3)c(Cl)cn2)CC1. The maximum Gasteiger partial charge on any atom is 0.407 e. The number of anilines is 1. The van der Waals surface area contributed by atoms with Crippen molar-refractivity contribution >= 4 is 34.5 Å². The summed E-state index contributed by atoms with van der Waals surface area (Å²) >= 11 is 6.39. The van der Waals surface area contributed by atoms with Gasteiger partial charge in [0, 0.05) is 30.9 Å². The Balaban J connectivity index is 1.54. The summed E-state index contributed by atoms with van der Waals surface area (Å²) in [5.41, 5.74) is 2.70. The van der Waals surface area contributed by atoms with Crippen molar-refractivity contribution < 1.29 is 9.53 Å². The van der Waals surface area contributed by atoms with E-state index in [9.17, 15) is 4.79 Å². The number of aromatic amines is 1. The standard InChI is InChI=1S/C19H20ClN5O2/c1-27-19(26)22-12-6-8-25(9-7-12)17-10-13(14(20)11-21-17)18-23-15-4-2-3-5-16(15)24-18/h2-5,10-12H,6-9H2,1H3,(H,22,26)(H,23,24). The van der Waals surface area contributed by atoms with Crippen LogP contribution in [0.15, 0.2) is 36.5 Å². The number of nitrogens with zero attached hydrogens (tertiary/aromatic N) is 3. The number of fused-ring (bicyclic) bond motifs is 1. The molecule has 1 amide bonds. The van der Waals surface area contributed by atoms with Gasteiger partial charge in [-0.1, -0.05) is 23.7 Å². The Morgan fingerprint density at radius 3 is 2.85 bits per heavy atom. The molecule has 1 saturated heterocycles. The monoisotopic (exact) mass is 385 g/mol. The van der Waals surface area contributed by atoms with Gasteiger partial charge in [-0.2, -0.15) is 0 Å².